The van der Waals surface area contributed by atoms with Crippen molar-refractivity contribution in [2.75, 3.05) is 46.4 Å². The molecule has 7 heteroatoms. The molecule has 32 heavy (non-hydrogen) atoms. The zero-order valence-electron chi connectivity index (χ0n) is 20.4. The van der Waals surface area contributed by atoms with Crippen molar-refractivity contribution in [3.05, 3.63) is 29.3 Å². The van der Waals surface area contributed by atoms with Gasteiger partial charge in [0.2, 0.25) is 5.91 Å². The van der Waals surface area contributed by atoms with Crippen molar-refractivity contribution in [3.63, 3.8) is 0 Å². The minimum absolute atomic E-state index is 0.189. The number of methoxy groups -OCH3 is 1. The predicted octanol–water partition coefficient (Wildman–Crippen LogP) is 3.34. The topological polar surface area (TPSA) is 62.3 Å². The van der Waals surface area contributed by atoms with Crippen molar-refractivity contribution < 1.29 is 19.1 Å². The smallest absolute Gasteiger partial charge is 0.410 e. The van der Waals surface area contributed by atoms with Crippen LogP contribution in [-0.2, 0) is 22.4 Å². The molecule has 0 N–H and O–H groups in total. The lowest BCUT2D eigenvalue weighted by Gasteiger charge is -2.39. The van der Waals surface area contributed by atoms with Gasteiger partial charge in [0.25, 0.3) is 0 Å². The molecule has 1 saturated heterocycles. The third-order valence-electron chi connectivity index (χ3n) is 6.24. The lowest BCUT2D eigenvalue weighted by Crippen LogP contribution is -2.54. The minimum atomic E-state index is -0.493. The number of hydrogen-bond acceptors (Lipinski definition) is 5. The Morgan fingerprint density at radius 1 is 1.16 bits per heavy atom. The molecule has 3 rings (SSSR count). The second-order valence-electron chi connectivity index (χ2n) is 9.83. The first kappa shape index (κ1) is 24.4. The summed E-state index contributed by atoms with van der Waals surface area (Å²) in [6.07, 6.45) is 3.45. The predicted molar refractivity (Wildman–Crippen MR) is 125 cm³/mol. The van der Waals surface area contributed by atoms with E-state index in [2.05, 4.69) is 22.8 Å². The van der Waals surface area contributed by atoms with E-state index < -0.39 is 5.60 Å². The van der Waals surface area contributed by atoms with E-state index in [1.165, 1.54) is 11.1 Å². The highest BCUT2D eigenvalue weighted by Gasteiger charge is 2.31. The van der Waals surface area contributed by atoms with Crippen LogP contribution >= 0.6 is 0 Å². The van der Waals surface area contributed by atoms with Gasteiger partial charge in [0, 0.05) is 38.8 Å². The quantitative estimate of drug-likeness (QED) is 0.672. The maximum Gasteiger partial charge on any atom is 0.410 e. The van der Waals surface area contributed by atoms with Crippen molar-refractivity contribution in [1.82, 2.24) is 14.7 Å². The van der Waals surface area contributed by atoms with E-state index in [9.17, 15) is 9.59 Å². The summed E-state index contributed by atoms with van der Waals surface area (Å²) in [6.45, 7) is 11.5. The van der Waals surface area contributed by atoms with Gasteiger partial charge in [-0.1, -0.05) is 19.1 Å². The van der Waals surface area contributed by atoms with E-state index >= 15 is 0 Å². The Hall–Kier alpha value is -2.28. The molecule has 0 bridgehead atoms. The molecule has 2 amide bonds. The first-order chi connectivity index (χ1) is 15.2. The molecule has 0 spiro atoms. The number of ether oxygens (including phenoxy) is 2. The summed E-state index contributed by atoms with van der Waals surface area (Å²) in [6, 6.07) is 6.44. The fourth-order valence-electron chi connectivity index (χ4n) is 4.66. The van der Waals surface area contributed by atoms with Crippen LogP contribution < -0.4 is 4.74 Å². The Morgan fingerprint density at radius 3 is 2.50 bits per heavy atom. The molecule has 1 aromatic carbocycles. The monoisotopic (exact) mass is 445 g/mol. The van der Waals surface area contributed by atoms with E-state index in [0.29, 0.717) is 32.7 Å². The van der Waals surface area contributed by atoms with E-state index in [-0.39, 0.29) is 18.0 Å². The van der Waals surface area contributed by atoms with Crippen molar-refractivity contribution in [2.45, 2.75) is 65.0 Å². The maximum absolute atomic E-state index is 13.3. The van der Waals surface area contributed by atoms with Gasteiger partial charge in [-0.3, -0.25) is 9.69 Å². The molecule has 2 aliphatic rings. The van der Waals surface area contributed by atoms with Gasteiger partial charge in [0.05, 0.1) is 13.7 Å². The van der Waals surface area contributed by atoms with Crippen LogP contribution in [0.25, 0.3) is 0 Å². The summed E-state index contributed by atoms with van der Waals surface area (Å²) >= 11 is 0. The highest BCUT2D eigenvalue weighted by Crippen LogP contribution is 2.31. The molecule has 1 atom stereocenters. The molecular weight excluding hydrogens is 406 g/mol. The second kappa shape index (κ2) is 10.6. The zero-order chi connectivity index (χ0) is 23.3. The second-order valence-corrected chi connectivity index (χ2v) is 9.83. The number of amides is 2. The van der Waals surface area contributed by atoms with Crippen LogP contribution in [0.15, 0.2) is 18.2 Å². The van der Waals surface area contributed by atoms with Gasteiger partial charge < -0.3 is 19.3 Å². The number of hydrogen-bond donors (Lipinski definition) is 0. The van der Waals surface area contributed by atoms with Crippen LogP contribution in [0.5, 0.6) is 5.75 Å². The molecule has 0 radical (unpaired) electrons. The van der Waals surface area contributed by atoms with Crippen molar-refractivity contribution in [3.8, 4) is 5.75 Å². The van der Waals surface area contributed by atoms with E-state index in [0.717, 1.165) is 38.0 Å². The van der Waals surface area contributed by atoms with Crippen LogP contribution in [0.4, 0.5) is 4.79 Å². The molecule has 1 heterocycles. The first-order valence-corrected chi connectivity index (χ1v) is 11.9. The van der Waals surface area contributed by atoms with Crippen molar-refractivity contribution in [2.24, 2.45) is 0 Å². The standard InChI is InChI=1S/C25H39N3O4/c1-6-12-28(20-10-11-21-19(17-20)8-7-9-22(21)31-5)23(29)18-26-13-15-27(16-14-26)24(30)32-25(2,3)4/h7-9,20H,6,10-18H2,1-5H3/t20-/m0/s1. The molecule has 178 valence electrons. The van der Waals surface area contributed by atoms with Crippen LogP contribution in [0.3, 0.4) is 0 Å². The fraction of sp³-hybridized carbons (Fsp3) is 0.680. The molecule has 1 fully saturated rings. The van der Waals surface area contributed by atoms with Gasteiger partial charge in [-0.05, 0) is 63.6 Å². The minimum Gasteiger partial charge on any atom is -0.496 e. The average Bonchev–Trinajstić information content (AvgIpc) is 2.75. The molecular formula is C25H39N3O4. The largest absolute Gasteiger partial charge is 0.496 e. The average molecular weight is 446 g/mol. The highest BCUT2D eigenvalue weighted by atomic mass is 16.6. The lowest BCUT2D eigenvalue weighted by molar-refractivity contribution is -0.135. The van der Waals surface area contributed by atoms with Gasteiger partial charge in [-0.2, -0.15) is 0 Å². The van der Waals surface area contributed by atoms with Crippen LogP contribution in [0, 0.1) is 0 Å². The Balaban J connectivity index is 1.56. The normalized spacial score (nSPS) is 19.3. The number of carbonyl (C=O) groups is 2. The summed E-state index contributed by atoms with van der Waals surface area (Å²) < 4.78 is 11.0. The SMILES string of the molecule is CCCN(C(=O)CN1CCN(C(=O)OC(C)(C)C)CC1)[C@H]1CCc2c(cccc2OC)C1. The number of nitrogens with zero attached hydrogens (tertiary/aromatic N) is 3. The van der Waals surface area contributed by atoms with Gasteiger partial charge in [0.1, 0.15) is 11.4 Å². The Morgan fingerprint density at radius 2 is 1.88 bits per heavy atom. The number of rotatable bonds is 6. The lowest BCUT2D eigenvalue weighted by atomic mass is 9.86. The fourth-order valence-corrected chi connectivity index (χ4v) is 4.66. The van der Waals surface area contributed by atoms with Crippen LogP contribution in [0.2, 0.25) is 0 Å². The molecule has 1 aromatic rings. The number of piperazine rings is 1. The summed E-state index contributed by atoms with van der Waals surface area (Å²) in [5.41, 5.74) is 2.09. The molecule has 1 aliphatic heterocycles. The van der Waals surface area contributed by atoms with Crippen LogP contribution in [-0.4, -0.2) is 84.7 Å². The van der Waals surface area contributed by atoms with E-state index in [1.807, 2.05) is 32.9 Å². The van der Waals surface area contributed by atoms with Crippen molar-refractivity contribution >= 4 is 12.0 Å². The Labute approximate surface area is 192 Å². The Kier molecular flexibility index (Phi) is 8.04. The first-order valence-electron chi connectivity index (χ1n) is 11.9. The van der Waals surface area contributed by atoms with Gasteiger partial charge in [-0.15, -0.1) is 0 Å². The van der Waals surface area contributed by atoms with Crippen LogP contribution in [0.1, 0.15) is 51.7 Å². The molecule has 0 saturated carbocycles. The zero-order valence-corrected chi connectivity index (χ0v) is 20.4. The molecule has 0 unspecified atom stereocenters. The van der Waals surface area contributed by atoms with Crippen molar-refractivity contribution in [1.29, 1.82) is 0 Å². The van der Waals surface area contributed by atoms with Gasteiger partial charge in [-0.25, -0.2) is 4.79 Å². The summed E-state index contributed by atoms with van der Waals surface area (Å²) in [5, 5.41) is 0. The number of benzene rings is 1. The summed E-state index contributed by atoms with van der Waals surface area (Å²) in [7, 11) is 1.72. The summed E-state index contributed by atoms with van der Waals surface area (Å²) in [5.74, 6) is 1.14. The van der Waals surface area contributed by atoms with Gasteiger partial charge >= 0.3 is 6.09 Å². The van der Waals surface area contributed by atoms with E-state index in [4.69, 9.17) is 9.47 Å². The molecule has 1 aliphatic carbocycles. The molecule has 7 nitrogen and oxygen atoms in total. The Bertz CT molecular complexity index is 797. The van der Waals surface area contributed by atoms with Gasteiger partial charge in [0.15, 0.2) is 0 Å². The third-order valence-corrected chi connectivity index (χ3v) is 6.24. The summed E-state index contributed by atoms with van der Waals surface area (Å²) in [4.78, 5) is 31.6. The highest BCUT2D eigenvalue weighted by molar-refractivity contribution is 5.79. The third kappa shape index (κ3) is 6.15. The number of carbonyl (C=O) groups excluding carboxylic acids is 2. The number of fused-ring (bicyclic) bond motifs is 1. The maximum atomic E-state index is 13.3. The molecule has 0 aromatic heterocycles. The van der Waals surface area contributed by atoms with E-state index in [1.54, 1.807) is 12.0 Å².